The number of hydrogen-bond donors (Lipinski definition) is 2. The van der Waals surface area contributed by atoms with Gasteiger partial charge in [0.25, 0.3) is 0 Å². The molecule has 0 radical (unpaired) electrons. The maximum absolute atomic E-state index is 13.3. The predicted octanol–water partition coefficient (Wildman–Crippen LogP) is 4.03. The highest BCUT2D eigenvalue weighted by atomic mass is 19.1. The number of anilines is 1. The number of morpholine rings is 1. The topological polar surface area (TPSA) is 62.8 Å². The summed E-state index contributed by atoms with van der Waals surface area (Å²) in [7, 11) is 0. The quantitative estimate of drug-likeness (QED) is 0.683. The van der Waals surface area contributed by atoms with Gasteiger partial charge in [-0.05, 0) is 43.2 Å². The van der Waals surface area contributed by atoms with Gasteiger partial charge in [-0.2, -0.15) is 0 Å². The lowest BCUT2D eigenvalue weighted by atomic mass is 9.95. The first-order valence-corrected chi connectivity index (χ1v) is 10.3. The first-order chi connectivity index (χ1) is 14.5. The first-order valence-electron chi connectivity index (χ1n) is 10.3. The molecule has 7 heteroatoms. The van der Waals surface area contributed by atoms with Crippen LogP contribution in [0.5, 0.6) is 5.75 Å². The molecule has 1 saturated heterocycles. The highest BCUT2D eigenvalue weighted by molar-refractivity contribution is 5.89. The zero-order valence-electron chi connectivity index (χ0n) is 17.6. The highest BCUT2D eigenvalue weighted by Crippen LogP contribution is 2.20. The molecule has 1 fully saturated rings. The van der Waals surface area contributed by atoms with Gasteiger partial charge in [-0.15, -0.1) is 0 Å². The number of nitrogens with one attached hydrogen (secondary N) is 2. The summed E-state index contributed by atoms with van der Waals surface area (Å²) in [6.45, 7) is 8.35. The van der Waals surface area contributed by atoms with E-state index in [0.29, 0.717) is 18.0 Å². The van der Waals surface area contributed by atoms with Crippen molar-refractivity contribution in [3.05, 3.63) is 59.9 Å². The molecule has 0 saturated carbocycles. The van der Waals surface area contributed by atoms with Crippen molar-refractivity contribution in [1.82, 2.24) is 10.2 Å². The largest absolute Gasteiger partial charge is 0.489 e. The molecule has 1 heterocycles. The van der Waals surface area contributed by atoms with Crippen molar-refractivity contribution in [2.75, 3.05) is 38.2 Å². The minimum absolute atomic E-state index is 0.109. The smallest absolute Gasteiger partial charge is 0.319 e. The fraction of sp³-hybridized carbons (Fsp3) is 0.435. The van der Waals surface area contributed by atoms with Gasteiger partial charge in [-0.3, -0.25) is 4.90 Å². The Kier molecular flexibility index (Phi) is 7.65. The van der Waals surface area contributed by atoms with E-state index in [0.717, 1.165) is 38.3 Å². The van der Waals surface area contributed by atoms with E-state index in [1.54, 1.807) is 12.1 Å². The van der Waals surface area contributed by atoms with Crippen LogP contribution in [-0.4, -0.2) is 49.3 Å². The lowest BCUT2D eigenvalue weighted by molar-refractivity contribution is -0.0163. The third kappa shape index (κ3) is 6.18. The van der Waals surface area contributed by atoms with Crippen LogP contribution in [0, 0.1) is 5.82 Å². The third-order valence-electron chi connectivity index (χ3n) is 5.55. The summed E-state index contributed by atoms with van der Waals surface area (Å²) in [4.78, 5) is 14.8. The minimum atomic E-state index is -0.337. The van der Waals surface area contributed by atoms with Gasteiger partial charge in [0.1, 0.15) is 18.2 Å². The number of urea groups is 1. The van der Waals surface area contributed by atoms with Gasteiger partial charge in [0.15, 0.2) is 0 Å². The van der Waals surface area contributed by atoms with E-state index in [-0.39, 0.29) is 24.0 Å². The molecule has 0 aliphatic carbocycles. The van der Waals surface area contributed by atoms with Crippen LogP contribution in [0.15, 0.2) is 48.5 Å². The van der Waals surface area contributed by atoms with Gasteiger partial charge in [0.05, 0.1) is 13.2 Å². The molecule has 1 aliphatic heterocycles. The number of hydrogen-bond acceptors (Lipinski definition) is 4. The summed E-state index contributed by atoms with van der Waals surface area (Å²) >= 11 is 0. The van der Waals surface area contributed by atoms with E-state index in [4.69, 9.17) is 9.47 Å². The Labute approximate surface area is 177 Å². The lowest BCUT2D eigenvalue weighted by Crippen LogP contribution is -2.57. The lowest BCUT2D eigenvalue weighted by Gasteiger charge is -2.43. The molecular weight excluding hydrogens is 385 g/mol. The van der Waals surface area contributed by atoms with Crippen LogP contribution in [0.1, 0.15) is 25.8 Å². The van der Waals surface area contributed by atoms with Gasteiger partial charge >= 0.3 is 6.03 Å². The summed E-state index contributed by atoms with van der Waals surface area (Å²) in [5, 5.41) is 5.88. The second kappa shape index (κ2) is 10.4. The van der Waals surface area contributed by atoms with Crippen LogP contribution >= 0.6 is 0 Å². The Balaban J connectivity index is 1.51. The van der Waals surface area contributed by atoms with Crippen molar-refractivity contribution < 1.29 is 18.7 Å². The van der Waals surface area contributed by atoms with Crippen molar-refractivity contribution in [1.29, 1.82) is 0 Å². The van der Waals surface area contributed by atoms with Crippen molar-refractivity contribution in [3.63, 3.8) is 0 Å². The maximum atomic E-state index is 13.3. The van der Waals surface area contributed by atoms with Crippen LogP contribution in [0.2, 0.25) is 0 Å². The SMILES string of the molecule is CC[C@](C)(CNC(=O)Nc1cccc(COc2cccc(F)c2)c1)N1CCOCC1. The van der Waals surface area contributed by atoms with Gasteiger partial charge in [-0.1, -0.05) is 25.1 Å². The van der Waals surface area contributed by atoms with Gasteiger partial charge in [-0.25, -0.2) is 9.18 Å². The molecule has 2 amide bonds. The molecule has 0 aromatic heterocycles. The predicted molar refractivity (Wildman–Crippen MR) is 115 cm³/mol. The summed E-state index contributed by atoms with van der Waals surface area (Å²) in [5.74, 6) is 0.129. The van der Waals surface area contributed by atoms with Crippen LogP contribution in [0.4, 0.5) is 14.9 Å². The number of rotatable bonds is 8. The normalized spacial score (nSPS) is 16.5. The number of nitrogens with zero attached hydrogens (tertiary/aromatic N) is 1. The van der Waals surface area contributed by atoms with Gasteiger partial charge in [0.2, 0.25) is 0 Å². The molecule has 0 spiro atoms. The molecule has 6 nitrogen and oxygen atoms in total. The van der Waals surface area contributed by atoms with E-state index < -0.39 is 0 Å². The maximum Gasteiger partial charge on any atom is 0.319 e. The summed E-state index contributed by atoms with van der Waals surface area (Å²) < 4.78 is 24.3. The average molecular weight is 416 g/mol. The van der Waals surface area contributed by atoms with Gasteiger partial charge in [0, 0.05) is 36.9 Å². The molecule has 0 bridgehead atoms. The van der Waals surface area contributed by atoms with Crippen LogP contribution in [0.25, 0.3) is 0 Å². The van der Waals surface area contributed by atoms with Crippen molar-refractivity contribution >= 4 is 11.7 Å². The van der Waals surface area contributed by atoms with E-state index in [1.165, 1.54) is 12.1 Å². The summed E-state index contributed by atoms with van der Waals surface area (Å²) in [6, 6.07) is 13.2. The molecule has 1 aliphatic rings. The van der Waals surface area contributed by atoms with Crippen molar-refractivity contribution in [2.45, 2.75) is 32.4 Å². The summed E-state index contributed by atoms with van der Waals surface area (Å²) in [5.41, 5.74) is 1.45. The molecule has 30 heavy (non-hydrogen) atoms. The monoisotopic (exact) mass is 415 g/mol. The van der Waals surface area contributed by atoms with E-state index in [9.17, 15) is 9.18 Å². The van der Waals surface area contributed by atoms with Gasteiger partial charge < -0.3 is 20.1 Å². The number of amides is 2. The number of ether oxygens (including phenoxy) is 2. The number of carbonyl (C=O) groups excluding carboxylic acids is 1. The standard InChI is InChI=1S/C23H30FN3O3/c1-3-23(2,27-10-12-29-13-11-27)17-25-22(28)26-20-8-4-6-18(14-20)16-30-21-9-5-7-19(24)15-21/h4-9,14-15H,3,10-13,16-17H2,1-2H3,(H2,25,26,28)/t23-/m1/s1. The fourth-order valence-corrected chi connectivity index (χ4v) is 3.47. The molecule has 3 rings (SSSR count). The molecule has 162 valence electrons. The Morgan fingerprint density at radius 1 is 1.20 bits per heavy atom. The Bertz CT molecular complexity index is 842. The van der Waals surface area contributed by atoms with Crippen molar-refractivity contribution in [2.24, 2.45) is 0 Å². The number of halogens is 1. The molecule has 1 atom stereocenters. The van der Waals surface area contributed by atoms with E-state index in [1.807, 2.05) is 24.3 Å². The van der Waals surface area contributed by atoms with Crippen LogP contribution in [-0.2, 0) is 11.3 Å². The molecule has 2 aromatic rings. The minimum Gasteiger partial charge on any atom is -0.489 e. The van der Waals surface area contributed by atoms with Crippen LogP contribution < -0.4 is 15.4 Å². The molecular formula is C23H30FN3O3. The number of benzene rings is 2. The van der Waals surface area contributed by atoms with Crippen LogP contribution in [0.3, 0.4) is 0 Å². The zero-order chi connectivity index (χ0) is 21.4. The molecule has 2 aromatic carbocycles. The summed E-state index contributed by atoms with van der Waals surface area (Å²) in [6.07, 6.45) is 0.931. The van der Waals surface area contributed by atoms with E-state index >= 15 is 0 Å². The number of carbonyl (C=O) groups is 1. The second-order valence-corrected chi connectivity index (χ2v) is 7.70. The van der Waals surface area contributed by atoms with E-state index in [2.05, 4.69) is 29.4 Å². The molecule has 2 N–H and O–H groups in total. The second-order valence-electron chi connectivity index (χ2n) is 7.70. The highest BCUT2D eigenvalue weighted by Gasteiger charge is 2.31. The fourth-order valence-electron chi connectivity index (χ4n) is 3.47. The average Bonchev–Trinajstić information content (AvgIpc) is 2.77. The Hall–Kier alpha value is -2.64. The first kappa shape index (κ1) is 22.1. The Morgan fingerprint density at radius 2 is 1.97 bits per heavy atom. The zero-order valence-corrected chi connectivity index (χ0v) is 17.6. The molecule has 0 unspecified atom stereocenters. The third-order valence-corrected chi connectivity index (χ3v) is 5.55. The Morgan fingerprint density at radius 3 is 2.70 bits per heavy atom. The van der Waals surface area contributed by atoms with Crippen molar-refractivity contribution in [3.8, 4) is 5.75 Å².